The highest BCUT2D eigenvalue weighted by molar-refractivity contribution is 7.98. The Labute approximate surface area is 207 Å². The number of hydrogen-bond acceptors (Lipinski definition) is 5. The van der Waals surface area contributed by atoms with Gasteiger partial charge >= 0.3 is 0 Å². The largest absolute Gasteiger partial charge is 0.507 e. The second-order valence-electron chi connectivity index (χ2n) is 10.9. The number of benzene rings is 1. The van der Waals surface area contributed by atoms with Crippen LogP contribution in [0.25, 0.3) is 5.65 Å². The van der Waals surface area contributed by atoms with E-state index in [1.165, 1.54) is 0 Å². The lowest BCUT2D eigenvalue weighted by Gasteiger charge is -2.28. The summed E-state index contributed by atoms with van der Waals surface area (Å²) in [6, 6.07) is 9.68. The van der Waals surface area contributed by atoms with Crippen molar-refractivity contribution in [2.75, 3.05) is 12.0 Å². The van der Waals surface area contributed by atoms with E-state index < -0.39 is 0 Å². The molecule has 1 unspecified atom stereocenters. The van der Waals surface area contributed by atoms with Crippen LogP contribution in [0.2, 0.25) is 0 Å². The van der Waals surface area contributed by atoms with Crippen molar-refractivity contribution in [2.24, 2.45) is 0 Å². The molecule has 184 valence electrons. The van der Waals surface area contributed by atoms with Gasteiger partial charge in [0, 0.05) is 12.6 Å². The van der Waals surface area contributed by atoms with E-state index in [9.17, 15) is 9.90 Å². The fraction of sp³-hybridized carbons (Fsp3) is 0.519. The van der Waals surface area contributed by atoms with E-state index in [4.69, 9.17) is 0 Å². The first kappa shape index (κ1) is 26.1. The molecule has 0 radical (unpaired) electrons. The topological polar surface area (TPSA) is 79.5 Å². The summed E-state index contributed by atoms with van der Waals surface area (Å²) in [4.78, 5) is 13.0. The van der Waals surface area contributed by atoms with Crippen LogP contribution in [0.3, 0.4) is 0 Å². The van der Waals surface area contributed by atoms with Gasteiger partial charge in [0.1, 0.15) is 5.75 Å². The fourth-order valence-corrected chi connectivity index (χ4v) is 4.58. The highest BCUT2D eigenvalue weighted by Crippen LogP contribution is 2.40. The van der Waals surface area contributed by atoms with Crippen LogP contribution in [-0.4, -0.2) is 37.6 Å². The number of aryl methyl sites for hydroxylation is 1. The summed E-state index contributed by atoms with van der Waals surface area (Å²) in [7, 11) is 0. The van der Waals surface area contributed by atoms with Crippen LogP contribution in [-0.2, 0) is 22.0 Å². The first-order valence-electron chi connectivity index (χ1n) is 11.9. The highest BCUT2D eigenvalue weighted by atomic mass is 32.2. The molecule has 0 saturated carbocycles. The Morgan fingerprint density at radius 1 is 1.09 bits per heavy atom. The average molecular weight is 483 g/mol. The fourth-order valence-electron chi connectivity index (χ4n) is 4.11. The second-order valence-corrected chi connectivity index (χ2v) is 11.9. The molecule has 6 nitrogen and oxygen atoms in total. The number of pyridine rings is 1. The number of thioether (sulfide) groups is 1. The zero-order chi connectivity index (χ0) is 25.1. The number of carbonyl (C=O) groups excluding carboxylic acids is 1. The zero-order valence-corrected chi connectivity index (χ0v) is 22.3. The van der Waals surface area contributed by atoms with Gasteiger partial charge in [0.15, 0.2) is 11.5 Å². The monoisotopic (exact) mass is 482 g/mol. The third-order valence-corrected chi connectivity index (χ3v) is 6.67. The molecule has 0 spiro atoms. The maximum atomic E-state index is 13.0. The van der Waals surface area contributed by atoms with Crippen molar-refractivity contribution in [3.8, 4) is 5.75 Å². The number of aromatic nitrogens is 3. The molecule has 0 aliphatic rings. The van der Waals surface area contributed by atoms with Crippen LogP contribution in [0.4, 0.5) is 0 Å². The molecule has 1 amide bonds. The van der Waals surface area contributed by atoms with E-state index in [0.717, 1.165) is 40.3 Å². The Hall–Kier alpha value is -2.54. The Bertz CT molecular complexity index is 1110. The lowest BCUT2D eigenvalue weighted by atomic mass is 9.78. The maximum absolute atomic E-state index is 13.0. The number of rotatable bonds is 8. The number of nitrogens with zero attached hydrogens (tertiary/aromatic N) is 3. The van der Waals surface area contributed by atoms with Gasteiger partial charge in [-0.15, -0.1) is 10.2 Å². The number of hydrogen-bond donors (Lipinski definition) is 2. The third kappa shape index (κ3) is 6.12. The Kier molecular flexibility index (Phi) is 7.96. The third-order valence-electron chi connectivity index (χ3n) is 6.02. The van der Waals surface area contributed by atoms with Gasteiger partial charge in [-0.05, 0) is 64.5 Å². The van der Waals surface area contributed by atoms with Crippen molar-refractivity contribution in [3.63, 3.8) is 0 Å². The van der Waals surface area contributed by atoms with Crippen LogP contribution >= 0.6 is 11.8 Å². The number of aromatic hydroxyl groups is 1. The van der Waals surface area contributed by atoms with Gasteiger partial charge in [-0.1, -0.05) is 59.7 Å². The van der Waals surface area contributed by atoms with Crippen molar-refractivity contribution in [3.05, 3.63) is 59.0 Å². The quantitative estimate of drug-likeness (QED) is 0.439. The first-order valence-corrected chi connectivity index (χ1v) is 13.3. The number of amides is 1. The summed E-state index contributed by atoms with van der Waals surface area (Å²) in [5, 5.41) is 22.8. The van der Waals surface area contributed by atoms with E-state index in [2.05, 4.69) is 75.4 Å². The first-order chi connectivity index (χ1) is 15.9. The van der Waals surface area contributed by atoms with Crippen LogP contribution in [0.5, 0.6) is 5.75 Å². The molecule has 2 heterocycles. The minimum absolute atomic E-state index is 0.0125. The lowest BCUT2D eigenvalue weighted by Crippen LogP contribution is -2.30. The second kappa shape index (κ2) is 10.4. The SMILES string of the molecule is CSCCC(NC(=O)CCc1cc(C(C)(C)C)c(O)c(C(C)(C)C)c1)c1nnc2ccccn12. The summed E-state index contributed by atoms with van der Waals surface area (Å²) in [5.41, 5.74) is 3.29. The van der Waals surface area contributed by atoms with Crippen LogP contribution < -0.4 is 5.32 Å². The van der Waals surface area contributed by atoms with E-state index >= 15 is 0 Å². The van der Waals surface area contributed by atoms with Crippen LogP contribution in [0, 0.1) is 0 Å². The molecule has 0 aliphatic heterocycles. The van der Waals surface area contributed by atoms with E-state index in [1.807, 2.05) is 28.8 Å². The van der Waals surface area contributed by atoms with Crippen LogP contribution in [0.1, 0.15) is 82.9 Å². The molecule has 0 aliphatic carbocycles. The summed E-state index contributed by atoms with van der Waals surface area (Å²) in [6.45, 7) is 12.6. The Morgan fingerprint density at radius 3 is 2.32 bits per heavy atom. The van der Waals surface area contributed by atoms with E-state index in [0.29, 0.717) is 18.6 Å². The molecule has 7 heteroatoms. The van der Waals surface area contributed by atoms with Gasteiger partial charge in [0.25, 0.3) is 0 Å². The summed E-state index contributed by atoms with van der Waals surface area (Å²) < 4.78 is 1.94. The predicted octanol–water partition coefficient (Wildman–Crippen LogP) is 5.57. The molecule has 3 aromatic rings. The number of fused-ring (bicyclic) bond motifs is 1. The van der Waals surface area contributed by atoms with Gasteiger partial charge < -0.3 is 10.4 Å². The minimum Gasteiger partial charge on any atom is -0.507 e. The molecule has 1 aromatic carbocycles. The average Bonchev–Trinajstić information content (AvgIpc) is 3.18. The minimum atomic E-state index is -0.201. The number of phenolic OH excluding ortho intramolecular Hbond substituents is 1. The number of phenols is 1. The molecule has 1 atom stereocenters. The zero-order valence-electron chi connectivity index (χ0n) is 21.5. The van der Waals surface area contributed by atoms with Crippen LogP contribution in [0.15, 0.2) is 36.5 Å². The predicted molar refractivity (Wildman–Crippen MR) is 141 cm³/mol. The van der Waals surface area contributed by atoms with Gasteiger partial charge in [-0.3, -0.25) is 9.20 Å². The molecular formula is C27H38N4O2S. The van der Waals surface area contributed by atoms with Crippen molar-refractivity contribution in [2.45, 2.75) is 77.7 Å². The van der Waals surface area contributed by atoms with E-state index in [-0.39, 0.29) is 22.8 Å². The molecule has 0 bridgehead atoms. The summed E-state index contributed by atoms with van der Waals surface area (Å²) >= 11 is 1.75. The highest BCUT2D eigenvalue weighted by Gasteiger charge is 2.27. The smallest absolute Gasteiger partial charge is 0.220 e. The molecule has 3 rings (SSSR count). The van der Waals surface area contributed by atoms with Gasteiger partial charge in [-0.2, -0.15) is 11.8 Å². The normalized spacial score (nSPS) is 13.3. The maximum Gasteiger partial charge on any atom is 0.220 e. The van der Waals surface area contributed by atoms with Gasteiger partial charge in [-0.25, -0.2) is 0 Å². The molecule has 0 fully saturated rings. The van der Waals surface area contributed by atoms with Gasteiger partial charge in [0.2, 0.25) is 5.91 Å². The van der Waals surface area contributed by atoms with E-state index in [1.54, 1.807) is 11.8 Å². The molecule has 2 N–H and O–H groups in total. The molecule has 2 aromatic heterocycles. The number of carbonyl (C=O) groups is 1. The standard InChI is InChI=1S/C27H38N4O2S/c1-26(2,3)19-16-18(17-20(24(19)33)27(4,5)6)11-12-23(32)28-21(13-15-34-7)25-30-29-22-10-8-9-14-31(22)25/h8-10,14,16-17,21,33H,11-13,15H2,1-7H3,(H,28,32). The lowest BCUT2D eigenvalue weighted by molar-refractivity contribution is -0.121. The molecular weight excluding hydrogens is 444 g/mol. The molecule has 34 heavy (non-hydrogen) atoms. The van der Waals surface area contributed by atoms with Crippen molar-refractivity contribution < 1.29 is 9.90 Å². The number of nitrogens with one attached hydrogen (secondary N) is 1. The summed E-state index contributed by atoms with van der Waals surface area (Å²) in [6.07, 6.45) is 5.75. The van der Waals surface area contributed by atoms with Gasteiger partial charge in [0.05, 0.1) is 6.04 Å². The summed E-state index contributed by atoms with van der Waals surface area (Å²) in [5.74, 6) is 2.02. The Morgan fingerprint density at radius 2 is 1.74 bits per heavy atom. The van der Waals surface area contributed by atoms with Crippen molar-refractivity contribution in [1.82, 2.24) is 19.9 Å². The van der Waals surface area contributed by atoms with Crippen molar-refractivity contribution >= 4 is 23.3 Å². The van der Waals surface area contributed by atoms with Crippen molar-refractivity contribution in [1.29, 1.82) is 0 Å². The molecule has 0 saturated heterocycles. The Balaban J connectivity index is 1.80.